The molecule has 1 aliphatic rings. The van der Waals surface area contributed by atoms with Crippen molar-refractivity contribution in [2.24, 2.45) is 4.99 Å². The molecule has 0 aliphatic heterocycles. The van der Waals surface area contributed by atoms with Gasteiger partial charge < -0.3 is 10.4 Å². The molecule has 3 rings (SSSR count). The van der Waals surface area contributed by atoms with Crippen molar-refractivity contribution >= 4 is 22.0 Å². The summed E-state index contributed by atoms with van der Waals surface area (Å²) in [6.45, 7) is 2.15. The van der Waals surface area contributed by atoms with Gasteiger partial charge in [0.1, 0.15) is 5.69 Å². The van der Waals surface area contributed by atoms with Crippen LogP contribution in [0.25, 0.3) is 0 Å². The zero-order valence-electron chi connectivity index (χ0n) is 17.4. The second-order valence-electron chi connectivity index (χ2n) is 7.52. The Labute approximate surface area is 182 Å². The molecule has 2 aromatic rings. The number of benzene rings is 1. The largest absolute Gasteiger partial charge is 0.846 e. The molecule has 0 atom stereocenters. The summed E-state index contributed by atoms with van der Waals surface area (Å²) in [4.78, 5) is 24.1. The summed E-state index contributed by atoms with van der Waals surface area (Å²) >= 11 is 0. The average Bonchev–Trinajstić information content (AvgIpc) is 2.75. The number of aryl methyl sites for hydroxylation is 1. The van der Waals surface area contributed by atoms with Crippen LogP contribution >= 0.6 is 0 Å². The third-order valence-electron chi connectivity index (χ3n) is 5.04. The fraction of sp³-hybridized carbons (Fsp3) is 0.429. The van der Waals surface area contributed by atoms with Gasteiger partial charge in [-0.1, -0.05) is 31.4 Å². The zero-order chi connectivity index (χ0) is 22.3. The van der Waals surface area contributed by atoms with Gasteiger partial charge in [-0.15, -0.1) is 0 Å². The van der Waals surface area contributed by atoms with E-state index in [0.29, 0.717) is 13.0 Å². The van der Waals surface area contributed by atoms with E-state index in [1.165, 1.54) is 24.5 Å². The molecule has 2 N–H and O–H groups in total. The number of hydrogen-bond acceptors (Lipinski definition) is 7. The Hall–Kier alpha value is -3.01. The summed E-state index contributed by atoms with van der Waals surface area (Å²) in [5.74, 6) is -0.323. The lowest BCUT2D eigenvalue weighted by Gasteiger charge is -2.21. The van der Waals surface area contributed by atoms with Gasteiger partial charge in [0.2, 0.25) is 0 Å². The minimum atomic E-state index is -3.98. The van der Waals surface area contributed by atoms with E-state index in [2.05, 4.69) is 20.3 Å². The molecule has 166 valence electrons. The monoisotopic (exact) mass is 444 g/mol. The molecular weight excluding hydrogens is 418 g/mol. The quantitative estimate of drug-likeness (QED) is 0.484. The Morgan fingerprint density at radius 3 is 2.48 bits per heavy atom. The average molecular weight is 445 g/mol. The van der Waals surface area contributed by atoms with Gasteiger partial charge in [0, 0.05) is 12.7 Å². The highest BCUT2D eigenvalue weighted by Crippen LogP contribution is 2.20. The van der Waals surface area contributed by atoms with Crippen LogP contribution in [0.3, 0.4) is 0 Å². The molecule has 1 saturated carbocycles. The van der Waals surface area contributed by atoms with Gasteiger partial charge in [-0.05, 0) is 43.9 Å². The van der Waals surface area contributed by atoms with Crippen molar-refractivity contribution in [3.8, 4) is 0 Å². The van der Waals surface area contributed by atoms with Gasteiger partial charge in [-0.3, -0.25) is 19.5 Å². The number of nitrogens with one attached hydrogen (secondary N) is 2. The molecule has 1 heterocycles. The number of carbonyl (C=O) groups excluding carboxylic acids is 1. The highest BCUT2D eigenvalue weighted by atomic mass is 32.2. The standard InChI is InChI=1S/C21H27N5O4S/c1-15-13-24-19(14-23-15)20(27)22-12-11-16-7-9-18(10-8-16)31(29,30)26-21(28)25-17-5-3-2-4-6-17/h7-10,13-14,17H,2-6,11-12H2,1H3,(H,22,27)(H2,25,26,28)/p-1. The minimum Gasteiger partial charge on any atom is -0.846 e. The predicted molar refractivity (Wildman–Crippen MR) is 114 cm³/mol. The van der Waals surface area contributed by atoms with E-state index in [1.54, 1.807) is 19.1 Å². The van der Waals surface area contributed by atoms with Gasteiger partial charge >= 0.3 is 0 Å². The Balaban J connectivity index is 1.52. The second-order valence-corrected chi connectivity index (χ2v) is 9.21. The minimum absolute atomic E-state index is 0.0117. The van der Waals surface area contributed by atoms with Crippen LogP contribution in [0.5, 0.6) is 0 Å². The van der Waals surface area contributed by atoms with Crippen molar-refractivity contribution in [1.82, 2.24) is 20.0 Å². The first-order valence-electron chi connectivity index (χ1n) is 10.3. The van der Waals surface area contributed by atoms with Crippen LogP contribution in [0.15, 0.2) is 46.5 Å². The van der Waals surface area contributed by atoms with E-state index in [4.69, 9.17) is 0 Å². The number of amides is 1. The smallest absolute Gasteiger partial charge is 0.271 e. The van der Waals surface area contributed by atoms with Crippen LogP contribution in [0.4, 0.5) is 0 Å². The van der Waals surface area contributed by atoms with Gasteiger partial charge in [0.05, 0.1) is 28.8 Å². The second kappa shape index (κ2) is 10.3. The van der Waals surface area contributed by atoms with E-state index in [1.807, 2.05) is 4.72 Å². The molecule has 1 aromatic carbocycles. The molecule has 0 unspecified atom stereocenters. The number of aromatic nitrogens is 2. The number of amidine groups is 1. The Morgan fingerprint density at radius 2 is 1.84 bits per heavy atom. The van der Waals surface area contributed by atoms with Crippen molar-refractivity contribution in [3.05, 3.63) is 53.6 Å². The van der Waals surface area contributed by atoms with Crippen molar-refractivity contribution < 1.29 is 18.3 Å². The Morgan fingerprint density at radius 1 is 1.13 bits per heavy atom. The zero-order valence-corrected chi connectivity index (χ0v) is 18.2. The third-order valence-corrected chi connectivity index (χ3v) is 6.38. The third kappa shape index (κ3) is 6.74. The van der Waals surface area contributed by atoms with Gasteiger partial charge in [0.15, 0.2) is 0 Å². The number of aliphatic imine (C=N–C) groups is 1. The van der Waals surface area contributed by atoms with Crippen molar-refractivity contribution in [2.75, 3.05) is 6.54 Å². The van der Waals surface area contributed by atoms with Crippen molar-refractivity contribution in [1.29, 1.82) is 0 Å². The molecule has 1 aliphatic carbocycles. The van der Waals surface area contributed by atoms with Gasteiger partial charge in [-0.2, -0.15) is 0 Å². The first-order valence-corrected chi connectivity index (χ1v) is 11.8. The molecule has 9 nitrogen and oxygen atoms in total. The fourth-order valence-corrected chi connectivity index (χ4v) is 4.23. The summed E-state index contributed by atoms with van der Waals surface area (Å²) in [5, 5.41) is 14.7. The Bertz CT molecular complexity index is 1010. The van der Waals surface area contributed by atoms with Crippen LogP contribution in [0, 0.1) is 6.92 Å². The highest BCUT2D eigenvalue weighted by Gasteiger charge is 2.15. The van der Waals surface area contributed by atoms with Crippen LogP contribution in [-0.4, -0.2) is 42.9 Å². The molecule has 1 amide bonds. The summed E-state index contributed by atoms with van der Waals surface area (Å²) in [7, 11) is -3.98. The van der Waals surface area contributed by atoms with Crippen molar-refractivity contribution in [3.63, 3.8) is 0 Å². The van der Waals surface area contributed by atoms with E-state index in [0.717, 1.165) is 43.4 Å². The molecule has 1 fully saturated rings. The van der Waals surface area contributed by atoms with E-state index in [9.17, 15) is 18.3 Å². The highest BCUT2D eigenvalue weighted by molar-refractivity contribution is 7.90. The first kappa shape index (κ1) is 22.7. The summed E-state index contributed by atoms with van der Waals surface area (Å²) in [5.41, 5.74) is 1.80. The molecule has 1 aromatic heterocycles. The van der Waals surface area contributed by atoms with E-state index < -0.39 is 16.0 Å². The number of sulfonamides is 1. The van der Waals surface area contributed by atoms with Gasteiger partial charge in [-0.25, -0.2) is 13.4 Å². The lowest BCUT2D eigenvalue weighted by Crippen LogP contribution is -2.40. The first-order chi connectivity index (χ1) is 14.8. The normalized spacial score (nSPS) is 15.5. The summed E-state index contributed by atoms with van der Waals surface area (Å²) in [6, 6.07) is 5.23. The lowest BCUT2D eigenvalue weighted by atomic mass is 9.96. The van der Waals surface area contributed by atoms with Crippen LogP contribution in [0.1, 0.15) is 53.8 Å². The SMILES string of the molecule is Cc1cnc(C(=O)NCCc2ccc(S(=O)(=O)NC([O-])=NC3CCCCC3)cc2)cn1. The molecule has 0 saturated heterocycles. The van der Waals surface area contributed by atoms with E-state index >= 15 is 0 Å². The maximum Gasteiger partial charge on any atom is 0.271 e. The molecule has 10 heteroatoms. The number of carbonyl (C=O) groups is 1. The summed E-state index contributed by atoms with van der Waals surface area (Å²) in [6.07, 6.45) is 8.22. The number of hydrogen-bond donors (Lipinski definition) is 2. The Kier molecular flexibility index (Phi) is 7.56. The molecule has 0 spiro atoms. The van der Waals surface area contributed by atoms with Crippen LogP contribution in [0.2, 0.25) is 0 Å². The van der Waals surface area contributed by atoms with E-state index in [-0.39, 0.29) is 22.5 Å². The molecule has 0 radical (unpaired) electrons. The van der Waals surface area contributed by atoms with Crippen LogP contribution in [-0.2, 0) is 16.4 Å². The van der Waals surface area contributed by atoms with Gasteiger partial charge in [0.25, 0.3) is 15.9 Å². The molecular formula is C21H26N5O4S-. The summed E-state index contributed by atoms with van der Waals surface area (Å²) < 4.78 is 26.9. The molecule has 31 heavy (non-hydrogen) atoms. The predicted octanol–water partition coefficient (Wildman–Crippen LogP) is 1.08. The number of nitrogens with zero attached hydrogens (tertiary/aromatic N) is 3. The fourth-order valence-electron chi connectivity index (χ4n) is 3.33. The topological polar surface area (TPSA) is 136 Å². The maximum atomic E-state index is 12.4. The maximum absolute atomic E-state index is 12.4. The van der Waals surface area contributed by atoms with Crippen LogP contribution < -0.4 is 15.1 Å². The molecule has 0 bridgehead atoms. The lowest BCUT2D eigenvalue weighted by molar-refractivity contribution is -0.220. The van der Waals surface area contributed by atoms with Crippen molar-refractivity contribution in [2.45, 2.75) is 56.4 Å². The number of rotatable bonds is 7.